The molecular weight excluding hydrogens is 422 g/mol. The number of rotatable bonds is 5. The van der Waals surface area contributed by atoms with Gasteiger partial charge in [0.05, 0.1) is 0 Å². The van der Waals surface area contributed by atoms with Gasteiger partial charge in [-0.25, -0.2) is 14.8 Å². The quantitative estimate of drug-likeness (QED) is 0.459. The molecule has 3 aromatic rings. The maximum absolute atomic E-state index is 12.8. The highest BCUT2D eigenvalue weighted by molar-refractivity contribution is 7.99. The monoisotopic (exact) mass is 447 g/mol. The van der Waals surface area contributed by atoms with Crippen molar-refractivity contribution in [2.45, 2.75) is 23.9 Å². The van der Waals surface area contributed by atoms with E-state index in [0.29, 0.717) is 23.8 Å². The maximum Gasteiger partial charge on any atom is 0.321 e. The van der Waals surface area contributed by atoms with Crippen molar-refractivity contribution in [2.75, 3.05) is 36.4 Å². The zero-order valence-electron chi connectivity index (χ0n) is 18.1. The number of amides is 2. The molecule has 8 heteroatoms. The second-order valence-electron chi connectivity index (χ2n) is 7.62. The fraction of sp³-hybridized carbons (Fsp3) is 0.250. The van der Waals surface area contributed by atoms with Crippen LogP contribution >= 0.6 is 11.8 Å². The Labute approximate surface area is 191 Å². The summed E-state index contributed by atoms with van der Waals surface area (Å²) in [6, 6.07) is 15.3. The molecule has 164 valence electrons. The van der Waals surface area contributed by atoms with E-state index < -0.39 is 0 Å². The largest absolute Gasteiger partial charge is 0.368 e. The second-order valence-corrected chi connectivity index (χ2v) is 8.66. The number of Topliss-reactive ketones (excluding diaryl/α,β-unsaturated/α-hetero) is 1. The Balaban J connectivity index is 1.32. The lowest BCUT2D eigenvalue weighted by atomic mass is 10.1. The minimum Gasteiger partial charge on any atom is -0.368 e. The molecule has 0 bridgehead atoms. The maximum atomic E-state index is 12.8. The third-order valence-corrected chi connectivity index (χ3v) is 6.28. The SMILES string of the molecule is CC(=O)c1ccc(N2CCN(C(=O)Nc3ccc(Sc4ncccn4)cc3C)CC2)cc1. The summed E-state index contributed by atoms with van der Waals surface area (Å²) < 4.78 is 0. The summed E-state index contributed by atoms with van der Waals surface area (Å²) in [5, 5.41) is 3.73. The zero-order chi connectivity index (χ0) is 22.5. The van der Waals surface area contributed by atoms with Gasteiger partial charge in [0, 0.05) is 60.4 Å². The van der Waals surface area contributed by atoms with Gasteiger partial charge < -0.3 is 15.1 Å². The topological polar surface area (TPSA) is 78.4 Å². The molecule has 0 saturated carbocycles. The van der Waals surface area contributed by atoms with Crippen LogP contribution in [0.5, 0.6) is 0 Å². The molecule has 1 saturated heterocycles. The van der Waals surface area contributed by atoms with E-state index in [1.54, 1.807) is 25.4 Å². The van der Waals surface area contributed by atoms with Crippen LogP contribution in [0.4, 0.5) is 16.2 Å². The van der Waals surface area contributed by atoms with Gasteiger partial charge in [0.25, 0.3) is 0 Å². The highest BCUT2D eigenvalue weighted by Gasteiger charge is 2.22. The Hall–Kier alpha value is -3.39. The lowest BCUT2D eigenvalue weighted by Gasteiger charge is -2.36. The van der Waals surface area contributed by atoms with E-state index in [0.717, 1.165) is 34.9 Å². The molecule has 2 aromatic carbocycles. The number of ketones is 1. The Kier molecular flexibility index (Phi) is 6.70. The highest BCUT2D eigenvalue weighted by atomic mass is 32.2. The molecule has 1 aromatic heterocycles. The van der Waals surface area contributed by atoms with Gasteiger partial charge in [-0.2, -0.15) is 0 Å². The van der Waals surface area contributed by atoms with E-state index >= 15 is 0 Å². The molecule has 0 spiro atoms. The fourth-order valence-electron chi connectivity index (χ4n) is 3.55. The summed E-state index contributed by atoms with van der Waals surface area (Å²) in [6.45, 7) is 6.32. The van der Waals surface area contributed by atoms with Crippen LogP contribution < -0.4 is 10.2 Å². The number of piperazine rings is 1. The average Bonchev–Trinajstić information content (AvgIpc) is 2.81. The Morgan fingerprint density at radius 2 is 1.66 bits per heavy atom. The van der Waals surface area contributed by atoms with E-state index in [2.05, 4.69) is 20.2 Å². The van der Waals surface area contributed by atoms with Gasteiger partial charge >= 0.3 is 6.03 Å². The number of benzene rings is 2. The third-order valence-electron chi connectivity index (χ3n) is 5.40. The van der Waals surface area contributed by atoms with Crippen molar-refractivity contribution in [1.29, 1.82) is 0 Å². The summed E-state index contributed by atoms with van der Waals surface area (Å²) in [5.41, 5.74) is 3.57. The molecule has 0 unspecified atom stereocenters. The lowest BCUT2D eigenvalue weighted by Crippen LogP contribution is -2.50. The van der Waals surface area contributed by atoms with E-state index in [9.17, 15) is 9.59 Å². The Morgan fingerprint density at radius 3 is 2.28 bits per heavy atom. The predicted molar refractivity (Wildman–Crippen MR) is 127 cm³/mol. The zero-order valence-corrected chi connectivity index (χ0v) is 18.9. The van der Waals surface area contributed by atoms with Crippen LogP contribution in [0.3, 0.4) is 0 Å². The number of anilines is 2. The van der Waals surface area contributed by atoms with Crippen LogP contribution in [-0.2, 0) is 0 Å². The molecule has 0 radical (unpaired) electrons. The molecule has 0 atom stereocenters. The summed E-state index contributed by atoms with van der Waals surface area (Å²) in [4.78, 5) is 37.8. The first-order valence-electron chi connectivity index (χ1n) is 10.5. The molecular formula is C24H25N5O2S. The molecule has 1 aliphatic heterocycles. The van der Waals surface area contributed by atoms with Crippen LogP contribution in [0, 0.1) is 6.92 Å². The van der Waals surface area contributed by atoms with E-state index in [1.807, 2.05) is 54.3 Å². The number of urea groups is 1. The van der Waals surface area contributed by atoms with Gasteiger partial charge in [-0.05, 0) is 79.7 Å². The summed E-state index contributed by atoms with van der Waals surface area (Å²) in [5.74, 6) is 0.0633. The minimum absolute atomic E-state index is 0.0633. The Morgan fingerprint density at radius 1 is 0.969 bits per heavy atom. The Bertz CT molecular complexity index is 1100. The first-order chi connectivity index (χ1) is 15.5. The molecule has 0 aliphatic carbocycles. The first kappa shape index (κ1) is 21.8. The van der Waals surface area contributed by atoms with E-state index in [-0.39, 0.29) is 11.8 Å². The molecule has 1 N–H and O–H groups in total. The molecule has 2 heterocycles. The fourth-order valence-corrected chi connectivity index (χ4v) is 4.36. The van der Waals surface area contributed by atoms with Crippen LogP contribution in [-0.4, -0.2) is 52.9 Å². The molecule has 2 amide bonds. The molecule has 4 rings (SSSR count). The first-order valence-corrected chi connectivity index (χ1v) is 11.3. The summed E-state index contributed by atoms with van der Waals surface area (Å²) in [6.07, 6.45) is 3.44. The van der Waals surface area contributed by atoms with Crippen LogP contribution in [0.1, 0.15) is 22.8 Å². The van der Waals surface area contributed by atoms with Crippen LogP contribution in [0.25, 0.3) is 0 Å². The number of carbonyl (C=O) groups is 2. The number of aryl methyl sites for hydroxylation is 1. The third kappa shape index (κ3) is 5.26. The summed E-state index contributed by atoms with van der Waals surface area (Å²) >= 11 is 1.49. The average molecular weight is 448 g/mol. The number of aromatic nitrogens is 2. The minimum atomic E-state index is -0.0912. The van der Waals surface area contributed by atoms with Crippen molar-refractivity contribution in [3.8, 4) is 0 Å². The van der Waals surface area contributed by atoms with Crippen molar-refractivity contribution in [3.63, 3.8) is 0 Å². The molecule has 32 heavy (non-hydrogen) atoms. The number of nitrogens with zero attached hydrogens (tertiary/aromatic N) is 4. The standard InChI is InChI=1S/C24H25N5O2S/c1-17-16-21(32-23-25-10-3-11-26-23)8-9-22(17)27-24(31)29-14-12-28(13-15-29)20-6-4-19(5-7-20)18(2)30/h3-11,16H,12-15H2,1-2H3,(H,27,31). The molecule has 7 nitrogen and oxygen atoms in total. The number of hydrogen-bond acceptors (Lipinski definition) is 6. The van der Waals surface area contributed by atoms with E-state index in [4.69, 9.17) is 0 Å². The van der Waals surface area contributed by atoms with Gasteiger partial charge in [0.2, 0.25) is 0 Å². The lowest BCUT2D eigenvalue weighted by molar-refractivity contribution is 0.101. The summed E-state index contributed by atoms with van der Waals surface area (Å²) in [7, 11) is 0. The van der Waals surface area contributed by atoms with Crippen molar-refractivity contribution in [3.05, 3.63) is 72.1 Å². The van der Waals surface area contributed by atoms with E-state index in [1.165, 1.54) is 11.8 Å². The molecule has 1 aliphatic rings. The van der Waals surface area contributed by atoms with Gasteiger partial charge in [-0.15, -0.1) is 0 Å². The smallest absolute Gasteiger partial charge is 0.321 e. The van der Waals surface area contributed by atoms with Gasteiger partial charge in [0.1, 0.15) is 0 Å². The highest BCUT2D eigenvalue weighted by Crippen LogP contribution is 2.28. The van der Waals surface area contributed by atoms with Crippen molar-refractivity contribution in [2.24, 2.45) is 0 Å². The van der Waals surface area contributed by atoms with Gasteiger partial charge in [-0.3, -0.25) is 4.79 Å². The van der Waals surface area contributed by atoms with Crippen molar-refractivity contribution >= 4 is 35.0 Å². The second kappa shape index (κ2) is 9.82. The van der Waals surface area contributed by atoms with Crippen LogP contribution in [0.2, 0.25) is 0 Å². The van der Waals surface area contributed by atoms with Crippen LogP contribution in [0.15, 0.2) is 71.0 Å². The van der Waals surface area contributed by atoms with Gasteiger partial charge in [0.15, 0.2) is 10.9 Å². The van der Waals surface area contributed by atoms with Crippen molar-refractivity contribution in [1.82, 2.24) is 14.9 Å². The molecule has 1 fully saturated rings. The number of carbonyl (C=O) groups excluding carboxylic acids is 2. The number of nitrogens with one attached hydrogen (secondary N) is 1. The number of hydrogen-bond donors (Lipinski definition) is 1. The predicted octanol–water partition coefficient (Wildman–Crippen LogP) is 4.49. The van der Waals surface area contributed by atoms with Gasteiger partial charge in [-0.1, -0.05) is 0 Å². The normalized spacial score (nSPS) is 13.7. The van der Waals surface area contributed by atoms with Crippen molar-refractivity contribution < 1.29 is 9.59 Å².